The van der Waals surface area contributed by atoms with Crippen molar-refractivity contribution in [2.75, 3.05) is 19.7 Å². The van der Waals surface area contributed by atoms with E-state index in [1.165, 1.54) is 19.3 Å². The molecule has 37 heavy (non-hydrogen) atoms. The van der Waals surface area contributed by atoms with Crippen LogP contribution < -0.4 is 4.74 Å². The van der Waals surface area contributed by atoms with Gasteiger partial charge >= 0.3 is 12.4 Å². The molecule has 1 aliphatic heterocycles. The molecule has 1 atom stereocenters. The van der Waals surface area contributed by atoms with E-state index >= 15 is 0 Å². The highest BCUT2D eigenvalue weighted by molar-refractivity contribution is 5.59. The Kier molecular flexibility index (Phi) is 9.13. The average molecular weight is 537 g/mol. The first-order valence-corrected chi connectivity index (χ1v) is 13.2. The van der Waals surface area contributed by atoms with Crippen molar-refractivity contribution in [1.29, 1.82) is 0 Å². The van der Waals surface area contributed by atoms with Crippen LogP contribution in [0.4, 0.5) is 26.3 Å². The number of nitrogens with zero attached hydrogens (tertiary/aromatic N) is 2. The summed E-state index contributed by atoms with van der Waals surface area (Å²) in [4.78, 5) is 6.93. The van der Waals surface area contributed by atoms with Crippen LogP contribution in [0.3, 0.4) is 0 Å². The number of aliphatic imine (C=N–C) groups is 1. The molecule has 4 nitrogen and oxygen atoms in total. The Morgan fingerprint density at radius 1 is 1.00 bits per heavy atom. The summed E-state index contributed by atoms with van der Waals surface area (Å²) in [5, 5.41) is 9.97. The second-order valence-electron chi connectivity index (χ2n) is 10.6. The van der Waals surface area contributed by atoms with Crippen LogP contribution in [0.2, 0.25) is 0 Å². The maximum absolute atomic E-state index is 13.5. The molecular formula is C27H38F6N2O2. The van der Waals surface area contributed by atoms with Gasteiger partial charge in [-0.2, -0.15) is 26.3 Å². The van der Waals surface area contributed by atoms with E-state index in [9.17, 15) is 31.4 Å². The van der Waals surface area contributed by atoms with Crippen molar-refractivity contribution in [1.82, 2.24) is 4.90 Å². The van der Waals surface area contributed by atoms with E-state index < -0.39 is 23.5 Å². The standard InChI is InChI=1S/C27H38F6N2O2/c1-4-9-19-15-22(25(36,26(28,29)30)27(31,32)33)16-20(10-5-2)23(19)37-14-7-6-13-35-17-24(3,34-18-35)21-11-8-12-21/h15-16,18,21,36H,4-14,17H2,1-3H3. The minimum atomic E-state index is -5.92. The van der Waals surface area contributed by atoms with Gasteiger partial charge in [-0.25, -0.2) is 0 Å². The Bertz CT molecular complexity index is 901. The number of ether oxygens (including phenoxy) is 1. The molecule has 1 unspecified atom stereocenters. The van der Waals surface area contributed by atoms with Crippen LogP contribution in [-0.4, -0.2) is 53.9 Å². The first-order chi connectivity index (χ1) is 17.3. The first kappa shape index (κ1) is 29.6. The Morgan fingerprint density at radius 3 is 2.03 bits per heavy atom. The Morgan fingerprint density at radius 2 is 1.57 bits per heavy atom. The van der Waals surface area contributed by atoms with Crippen molar-refractivity contribution in [3.05, 3.63) is 28.8 Å². The van der Waals surface area contributed by atoms with Crippen molar-refractivity contribution in [2.45, 2.75) is 102 Å². The average Bonchev–Trinajstić information content (AvgIpc) is 3.12. The zero-order valence-corrected chi connectivity index (χ0v) is 21.8. The minimum Gasteiger partial charge on any atom is -0.493 e. The number of benzene rings is 1. The van der Waals surface area contributed by atoms with Gasteiger partial charge in [0.05, 0.1) is 18.5 Å². The van der Waals surface area contributed by atoms with Gasteiger partial charge in [0.1, 0.15) is 5.75 Å². The lowest BCUT2D eigenvalue weighted by Gasteiger charge is -2.38. The summed E-state index contributed by atoms with van der Waals surface area (Å²) in [6, 6.07) is 1.61. The highest BCUT2D eigenvalue weighted by Crippen LogP contribution is 2.51. The Balaban J connectivity index is 1.71. The quantitative estimate of drug-likeness (QED) is 0.232. The van der Waals surface area contributed by atoms with E-state index in [1.54, 1.807) is 13.8 Å². The number of alkyl halides is 6. The summed E-state index contributed by atoms with van der Waals surface area (Å²) in [5.41, 5.74) is -5.68. The number of hydrogen-bond acceptors (Lipinski definition) is 4. The predicted octanol–water partition coefficient (Wildman–Crippen LogP) is 6.97. The second-order valence-corrected chi connectivity index (χ2v) is 10.6. The van der Waals surface area contributed by atoms with E-state index in [0.29, 0.717) is 37.5 Å². The van der Waals surface area contributed by atoms with Crippen molar-refractivity contribution in [3.63, 3.8) is 0 Å². The zero-order chi connectivity index (χ0) is 27.5. The van der Waals surface area contributed by atoms with E-state index in [-0.39, 0.29) is 29.5 Å². The molecule has 210 valence electrons. The van der Waals surface area contributed by atoms with Crippen LogP contribution in [0, 0.1) is 5.92 Å². The van der Waals surface area contributed by atoms with Gasteiger partial charge in [0.2, 0.25) is 0 Å². The highest BCUT2D eigenvalue weighted by atomic mass is 19.4. The van der Waals surface area contributed by atoms with Crippen molar-refractivity contribution in [3.8, 4) is 5.75 Å². The molecule has 2 aliphatic rings. The zero-order valence-electron chi connectivity index (χ0n) is 21.8. The molecule has 1 aromatic rings. The molecule has 0 saturated heterocycles. The fraction of sp³-hybridized carbons (Fsp3) is 0.741. The van der Waals surface area contributed by atoms with Crippen molar-refractivity contribution >= 4 is 6.34 Å². The number of halogens is 6. The molecule has 1 fully saturated rings. The van der Waals surface area contributed by atoms with Crippen LogP contribution in [0.5, 0.6) is 5.75 Å². The SMILES string of the molecule is CCCc1cc(C(O)(C(F)(F)F)C(F)(F)F)cc(CCC)c1OCCCCN1C=NC(C)(C2CCC2)C1. The Labute approximate surface area is 215 Å². The smallest absolute Gasteiger partial charge is 0.430 e. The van der Waals surface area contributed by atoms with Crippen molar-refractivity contribution in [2.24, 2.45) is 10.9 Å². The molecule has 10 heteroatoms. The summed E-state index contributed by atoms with van der Waals surface area (Å²) in [7, 11) is 0. The van der Waals surface area contributed by atoms with Gasteiger partial charge in [-0.05, 0) is 74.6 Å². The second kappa shape index (κ2) is 11.4. The van der Waals surface area contributed by atoms with Crippen LogP contribution in [-0.2, 0) is 18.4 Å². The summed E-state index contributed by atoms with van der Waals surface area (Å²) in [6.07, 6.45) is -3.27. The molecule has 3 rings (SSSR count). The monoisotopic (exact) mass is 536 g/mol. The lowest BCUT2D eigenvalue weighted by atomic mass is 9.72. The van der Waals surface area contributed by atoms with E-state index in [2.05, 4.69) is 11.8 Å². The number of unbranched alkanes of at least 4 members (excludes halogenated alkanes) is 1. The Hall–Kier alpha value is -1.97. The van der Waals surface area contributed by atoms with E-state index in [0.717, 1.165) is 31.6 Å². The van der Waals surface area contributed by atoms with Gasteiger partial charge in [-0.3, -0.25) is 4.99 Å². The molecule has 0 bridgehead atoms. The minimum absolute atomic E-state index is 0.0185. The maximum atomic E-state index is 13.5. The predicted molar refractivity (Wildman–Crippen MR) is 131 cm³/mol. The largest absolute Gasteiger partial charge is 0.493 e. The maximum Gasteiger partial charge on any atom is 0.430 e. The summed E-state index contributed by atoms with van der Waals surface area (Å²) < 4.78 is 87.2. The fourth-order valence-corrected chi connectivity index (χ4v) is 5.25. The number of rotatable bonds is 12. The third-order valence-corrected chi connectivity index (χ3v) is 7.63. The van der Waals surface area contributed by atoms with Crippen LogP contribution >= 0.6 is 0 Å². The summed E-state index contributed by atoms with van der Waals surface area (Å²) in [5.74, 6) is 0.973. The summed E-state index contributed by atoms with van der Waals surface area (Å²) >= 11 is 0. The topological polar surface area (TPSA) is 45.1 Å². The molecule has 0 spiro atoms. The molecule has 0 radical (unpaired) electrons. The third kappa shape index (κ3) is 6.20. The van der Waals surface area contributed by atoms with Crippen LogP contribution in [0.15, 0.2) is 17.1 Å². The molecule has 1 aliphatic carbocycles. The van der Waals surface area contributed by atoms with Gasteiger partial charge in [0, 0.05) is 18.7 Å². The molecular weight excluding hydrogens is 498 g/mol. The van der Waals surface area contributed by atoms with Crippen LogP contribution in [0.1, 0.15) is 82.4 Å². The molecule has 1 heterocycles. The lowest BCUT2D eigenvalue weighted by molar-refractivity contribution is -0.376. The molecule has 0 aromatic heterocycles. The number of aryl methyl sites for hydroxylation is 2. The summed E-state index contributed by atoms with van der Waals surface area (Å²) in [6.45, 7) is 7.75. The highest BCUT2D eigenvalue weighted by Gasteiger charge is 2.71. The van der Waals surface area contributed by atoms with Gasteiger partial charge in [-0.1, -0.05) is 33.1 Å². The third-order valence-electron chi connectivity index (χ3n) is 7.63. The molecule has 1 aromatic carbocycles. The molecule has 0 amide bonds. The number of hydrogen-bond donors (Lipinski definition) is 1. The van der Waals surface area contributed by atoms with Crippen LogP contribution in [0.25, 0.3) is 0 Å². The van der Waals surface area contributed by atoms with Gasteiger partial charge in [-0.15, -0.1) is 0 Å². The molecule has 1 N–H and O–H groups in total. The lowest BCUT2D eigenvalue weighted by Crippen LogP contribution is -2.54. The van der Waals surface area contributed by atoms with E-state index in [4.69, 9.17) is 9.73 Å². The van der Waals surface area contributed by atoms with Gasteiger partial charge in [0.25, 0.3) is 5.60 Å². The van der Waals surface area contributed by atoms with Crippen molar-refractivity contribution < 1.29 is 36.2 Å². The molecule has 1 saturated carbocycles. The van der Waals surface area contributed by atoms with E-state index in [1.807, 2.05) is 6.34 Å². The number of aliphatic hydroxyl groups is 1. The van der Waals surface area contributed by atoms with Gasteiger partial charge in [0.15, 0.2) is 0 Å². The van der Waals surface area contributed by atoms with Gasteiger partial charge < -0.3 is 14.7 Å². The first-order valence-electron chi connectivity index (χ1n) is 13.2. The fourth-order valence-electron chi connectivity index (χ4n) is 5.25. The normalized spacial score (nSPS) is 21.0.